The molecule has 42 heavy (non-hydrogen) atoms. The van der Waals surface area contributed by atoms with Crippen LogP contribution in [-0.4, -0.2) is 82.9 Å². The summed E-state index contributed by atoms with van der Waals surface area (Å²) >= 11 is 0. The van der Waals surface area contributed by atoms with E-state index in [0.29, 0.717) is 45.2 Å². The van der Waals surface area contributed by atoms with Crippen molar-refractivity contribution < 1.29 is 29.1 Å². The SMILES string of the molecule is CC(C)C[C@H](NC(=O)[C@@H](N)CCCN)C(=O)N[C@H](Cc1ccccc1)C(=O)N1CCC[C@H]1C(=O)N[C@H](C(=O)O)C(C)C. The Balaban J connectivity index is 2.28. The van der Waals surface area contributed by atoms with Crippen molar-refractivity contribution in [1.82, 2.24) is 20.9 Å². The van der Waals surface area contributed by atoms with Crippen molar-refractivity contribution in [2.45, 2.75) is 96.4 Å². The van der Waals surface area contributed by atoms with Crippen LogP contribution < -0.4 is 27.4 Å². The predicted molar refractivity (Wildman–Crippen MR) is 159 cm³/mol. The van der Waals surface area contributed by atoms with Gasteiger partial charge in [0, 0.05) is 13.0 Å². The number of hydrogen-bond acceptors (Lipinski definition) is 7. The number of carbonyl (C=O) groups is 5. The molecule has 0 aromatic heterocycles. The molecule has 1 aromatic carbocycles. The lowest BCUT2D eigenvalue weighted by Crippen LogP contribution is -2.59. The molecule has 12 nitrogen and oxygen atoms in total. The minimum atomic E-state index is -1.15. The fourth-order valence-corrected chi connectivity index (χ4v) is 5.04. The molecular formula is C30H48N6O6. The average molecular weight is 589 g/mol. The summed E-state index contributed by atoms with van der Waals surface area (Å²) < 4.78 is 0. The molecule has 1 heterocycles. The van der Waals surface area contributed by atoms with Crippen molar-refractivity contribution in [2.75, 3.05) is 13.1 Å². The third-order valence-corrected chi connectivity index (χ3v) is 7.36. The van der Waals surface area contributed by atoms with Crippen molar-refractivity contribution in [3.05, 3.63) is 35.9 Å². The highest BCUT2D eigenvalue weighted by Crippen LogP contribution is 2.21. The first-order chi connectivity index (χ1) is 19.8. The minimum Gasteiger partial charge on any atom is -0.480 e. The number of nitrogens with two attached hydrogens (primary N) is 2. The Kier molecular flexibility index (Phi) is 13.9. The Morgan fingerprint density at radius 1 is 0.976 bits per heavy atom. The van der Waals surface area contributed by atoms with E-state index in [2.05, 4.69) is 16.0 Å². The number of nitrogens with zero attached hydrogens (tertiary/aromatic N) is 1. The Labute approximate surface area is 248 Å². The van der Waals surface area contributed by atoms with Crippen molar-refractivity contribution in [3.8, 4) is 0 Å². The first-order valence-corrected chi connectivity index (χ1v) is 14.8. The van der Waals surface area contributed by atoms with Crippen LogP contribution in [0.2, 0.25) is 0 Å². The molecule has 1 fully saturated rings. The quantitative estimate of drug-likeness (QED) is 0.161. The molecular weight excluding hydrogens is 540 g/mol. The number of rotatable bonds is 16. The highest BCUT2D eigenvalue weighted by Gasteiger charge is 2.40. The monoisotopic (exact) mass is 588 g/mol. The molecule has 8 N–H and O–H groups in total. The summed E-state index contributed by atoms with van der Waals surface area (Å²) in [6, 6.07) is 4.46. The van der Waals surface area contributed by atoms with Crippen LogP contribution in [0.4, 0.5) is 0 Å². The van der Waals surface area contributed by atoms with Crippen molar-refractivity contribution >= 4 is 29.6 Å². The minimum absolute atomic E-state index is 0.0550. The van der Waals surface area contributed by atoms with Gasteiger partial charge in [0.15, 0.2) is 0 Å². The van der Waals surface area contributed by atoms with E-state index < -0.39 is 59.8 Å². The lowest BCUT2D eigenvalue weighted by Gasteiger charge is -2.31. The zero-order chi connectivity index (χ0) is 31.4. The van der Waals surface area contributed by atoms with Gasteiger partial charge in [0.05, 0.1) is 6.04 Å². The maximum absolute atomic E-state index is 13.9. The van der Waals surface area contributed by atoms with E-state index in [9.17, 15) is 29.1 Å². The number of benzene rings is 1. The Morgan fingerprint density at radius 3 is 2.19 bits per heavy atom. The summed E-state index contributed by atoms with van der Waals surface area (Å²) in [5, 5.41) is 17.7. The summed E-state index contributed by atoms with van der Waals surface area (Å²) in [7, 11) is 0. The summed E-state index contributed by atoms with van der Waals surface area (Å²) in [5.74, 6) is -3.42. The van der Waals surface area contributed by atoms with Crippen molar-refractivity contribution in [3.63, 3.8) is 0 Å². The Hall–Kier alpha value is -3.51. The second-order valence-electron chi connectivity index (χ2n) is 11.7. The molecule has 2 rings (SSSR count). The van der Waals surface area contributed by atoms with Crippen LogP contribution in [0, 0.1) is 11.8 Å². The summed E-state index contributed by atoms with van der Waals surface area (Å²) in [5.41, 5.74) is 12.3. The standard InChI is InChI=1S/C30H48N6O6/c1-18(2)16-22(33-26(37)21(32)12-8-14-31)27(38)34-23(17-20-10-6-5-7-11-20)29(40)36-15-9-13-24(36)28(39)35-25(19(3)4)30(41)42/h5-7,10-11,18-19,21-25H,8-9,12-17,31-32H2,1-4H3,(H,33,37)(H,34,38)(H,35,39)(H,41,42)/t21-,22-,23+,24-,25-/m0/s1. The Bertz CT molecular complexity index is 1070. The third kappa shape index (κ3) is 10.4. The van der Waals surface area contributed by atoms with Gasteiger partial charge in [-0.2, -0.15) is 0 Å². The molecule has 1 saturated heterocycles. The van der Waals surface area contributed by atoms with Crippen LogP contribution in [0.25, 0.3) is 0 Å². The van der Waals surface area contributed by atoms with Gasteiger partial charge in [-0.1, -0.05) is 58.0 Å². The maximum Gasteiger partial charge on any atom is 0.326 e. The van der Waals surface area contributed by atoms with Crippen molar-refractivity contribution in [1.29, 1.82) is 0 Å². The zero-order valence-electron chi connectivity index (χ0n) is 25.2. The highest BCUT2D eigenvalue weighted by molar-refractivity contribution is 5.96. The zero-order valence-corrected chi connectivity index (χ0v) is 25.2. The number of nitrogens with one attached hydrogen (secondary N) is 3. The first-order valence-electron chi connectivity index (χ1n) is 14.8. The lowest BCUT2D eigenvalue weighted by atomic mass is 10.00. The number of amides is 4. The van der Waals surface area contributed by atoms with Gasteiger partial charge in [-0.3, -0.25) is 19.2 Å². The van der Waals surface area contributed by atoms with E-state index in [1.165, 1.54) is 4.90 Å². The molecule has 1 aromatic rings. The van der Waals surface area contributed by atoms with E-state index in [1.54, 1.807) is 13.8 Å². The molecule has 0 bridgehead atoms. The fourth-order valence-electron chi connectivity index (χ4n) is 5.04. The highest BCUT2D eigenvalue weighted by atomic mass is 16.4. The molecule has 0 unspecified atom stereocenters. The molecule has 5 atom stereocenters. The first kappa shape index (κ1) is 34.7. The van der Waals surface area contributed by atoms with Gasteiger partial charge in [-0.25, -0.2) is 4.79 Å². The topological polar surface area (TPSA) is 197 Å². The number of carboxylic acids is 1. The molecule has 234 valence electrons. The van der Waals surface area contributed by atoms with E-state index in [0.717, 1.165) is 5.56 Å². The number of hydrogen-bond donors (Lipinski definition) is 6. The molecule has 0 saturated carbocycles. The number of likely N-dealkylation sites (tertiary alicyclic amines) is 1. The van der Waals surface area contributed by atoms with E-state index in [4.69, 9.17) is 11.5 Å². The van der Waals surface area contributed by atoms with Crippen LogP contribution in [0.1, 0.15) is 65.4 Å². The fraction of sp³-hybridized carbons (Fsp3) is 0.633. The molecule has 0 radical (unpaired) electrons. The normalized spacial score (nSPS) is 17.8. The summed E-state index contributed by atoms with van der Waals surface area (Å²) in [4.78, 5) is 66.5. The third-order valence-electron chi connectivity index (χ3n) is 7.36. The molecule has 0 aliphatic carbocycles. The molecule has 12 heteroatoms. The average Bonchev–Trinajstić information content (AvgIpc) is 3.43. The summed E-state index contributed by atoms with van der Waals surface area (Å²) in [6.45, 7) is 7.91. The van der Waals surface area contributed by atoms with E-state index in [-0.39, 0.29) is 18.3 Å². The Morgan fingerprint density at radius 2 is 1.62 bits per heavy atom. The maximum atomic E-state index is 13.9. The second kappa shape index (κ2) is 16.8. The number of aliphatic carboxylic acids is 1. The summed E-state index contributed by atoms with van der Waals surface area (Å²) in [6.07, 6.45) is 2.37. The lowest BCUT2D eigenvalue weighted by molar-refractivity contribution is -0.145. The second-order valence-corrected chi connectivity index (χ2v) is 11.7. The van der Waals surface area contributed by atoms with Gasteiger partial charge in [0.1, 0.15) is 24.2 Å². The van der Waals surface area contributed by atoms with Crippen LogP contribution in [0.3, 0.4) is 0 Å². The predicted octanol–water partition coefficient (Wildman–Crippen LogP) is 0.527. The number of carbonyl (C=O) groups excluding carboxylic acids is 4. The van der Waals surface area contributed by atoms with Gasteiger partial charge >= 0.3 is 5.97 Å². The molecule has 0 spiro atoms. The van der Waals surface area contributed by atoms with Gasteiger partial charge in [0.25, 0.3) is 0 Å². The van der Waals surface area contributed by atoms with E-state index >= 15 is 0 Å². The number of carboxylic acid groups (broad SMARTS) is 1. The van der Waals surface area contributed by atoms with Gasteiger partial charge in [0.2, 0.25) is 23.6 Å². The van der Waals surface area contributed by atoms with Gasteiger partial charge < -0.3 is 37.4 Å². The van der Waals surface area contributed by atoms with Crippen LogP contribution >= 0.6 is 0 Å². The van der Waals surface area contributed by atoms with Crippen molar-refractivity contribution in [2.24, 2.45) is 23.3 Å². The molecule has 1 aliphatic rings. The van der Waals surface area contributed by atoms with Crippen LogP contribution in [-0.2, 0) is 30.4 Å². The van der Waals surface area contributed by atoms with Crippen LogP contribution in [0.5, 0.6) is 0 Å². The molecule has 1 aliphatic heterocycles. The van der Waals surface area contributed by atoms with Gasteiger partial charge in [-0.15, -0.1) is 0 Å². The molecule has 4 amide bonds. The van der Waals surface area contributed by atoms with Crippen LogP contribution in [0.15, 0.2) is 30.3 Å². The largest absolute Gasteiger partial charge is 0.480 e. The van der Waals surface area contributed by atoms with Gasteiger partial charge in [-0.05, 0) is 56.0 Å². The smallest absolute Gasteiger partial charge is 0.326 e. The van der Waals surface area contributed by atoms with E-state index in [1.807, 2.05) is 44.2 Å².